The minimum atomic E-state index is -0.0137. The molecule has 0 radical (unpaired) electrons. The summed E-state index contributed by atoms with van der Waals surface area (Å²) in [4.78, 5) is 24.8. The van der Waals surface area contributed by atoms with E-state index >= 15 is 0 Å². The molecule has 2 aromatic heterocycles. The van der Waals surface area contributed by atoms with Gasteiger partial charge in [0.1, 0.15) is 11.5 Å². The summed E-state index contributed by atoms with van der Waals surface area (Å²) < 4.78 is 6.00. The van der Waals surface area contributed by atoms with Crippen molar-refractivity contribution in [3.05, 3.63) is 76.6 Å². The zero-order chi connectivity index (χ0) is 21.9. The Labute approximate surface area is 196 Å². The Morgan fingerprint density at radius 1 is 1.09 bits per heavy atom. The Kier molecular flexibility index (Phi) is 6.14. The monoisotopic (exact) mass is 463 g/mol. The maximum Gasteiger partial charge on any atom is 0.267 e. The van der Waals surface area contributed by atoms with Crippen molar-refractivity contribution in [1.29, 1.82) is 0 Å². The number of halogens is 1. The molecule has 5 rings (SSSR count). The van der Waals surface area contributed by atoms with Gasteiger partial charge in [0.2, 0.25) is 0 Å². The fraction of sp³-hybridized carbons (Fsp3) is 0.240. The van der Waals surface area contributed by atoms with Gasteiger partial charge in [-0.1, -0.05) is 43.0 Å². The molecule has 32 heavy (non-hydrogen) atoms. The summed E-state index contributed by atoms with van der Waals surface area (Å²) in [5, 5.41) is 1.33. The van der Waals surface area contributed by atoms with Crippen molar-refractivity contribution in [2.45, 2.75) is 38.1 Å². The van der Waals surface area contributed by atoms with Gasteiger partial charge in [0.25, 0.3) is 5.91 Å². The summed E-state index contributed by atoms with van der Waals surface area (Å²) >= 11 is 7.69. The number of pyridine rings is 1. The molecule has 0 N–H and O–H groups in total. The predicted octanol–water partition coefficient (Wildman–Crippen LogP) is 6.93. The van der Waals surface area contributed by atoms with E-state index in [1.165, 1.54) is 18.2 Å². The van der Waals surface area contributed by atoms with E-state index in [-0.39, 0.29) is 11.9 Å². The number of carbonyl (C=O) groups is 1. The summed E-state index contributed by atoms with van der Waals surface area (Å²) in [6.07, 6.45) is 10.7. The summed E-state index contributed by atoms with van der Waals surface area (Å²) in [7, 11) is 0. The van der Waals surface area contributed by atoms with Crippen LogP contribution in [-0.4, -0.2) is 27.0 Å². The maximum absolute atomic E-state index is 13.4. The molecular formula is C25H22ClN3O2S. The lowest BCUT2D eigenvalue weighted by Gasteiger charge is -2.30. The van der Waals surface area contributed by atoms with Crippen LogP contribution in [-0.2, 0) is 4.79 Å². The molecule has 0 atom stereocenters. The van der Waals surface area contributed by atoms with Crippen molar-refractivity contribution in [3.63, 3.8) is 0 Å². The average Bonchev–Trinajstić information content (AvgIpc) is 3.40. The molecule has 1 saturated heterocycles. The van der Waals surface area contributed by atoms with Crippen LogP contribution in [0.4, 0.5) is 5.69 Å². The topological polar surface area (TPSA) is 58.7 Å². The number of carbonyl (C=O) groups excluding carboxylic acids is 1. The summed E-state index contributed by atoms with van der Waals surface area (Å²) in [6, 6.07) is 15.2. The largest absolute Gasteiger partial charge is 0.457 e. The van der Waals surface area contributed by atoms with Gasteiger partial charge in [-0.25, -0.2) is 4.99 Å². The van der Waals surface area contributed by atoms with Crippen LogP contribution in [0.15, 0.2) is 75.2 Å². The van der Waals surface area contributed by atoms with Crippen molar-refractivity contribution in [2.75, 3.05) is 0 Å². The number of aliphatic imine (C=N–C) groups is 1. The molecule has 1 aliphatic carbocycles. The Balaban J connectivity index is 1.47. The third kappa shape index (κ3) is 4.38. The van der Waals surface area contributed by atoms with Crippen molar-refractivity contribution in [1.82, 2.24) is 9.88 Å². The van der Waals surface area contributed by atoms with Crippen LogP contribution in [0.25, 0.3) is 17.4 Å². The van der Waals surface area contributed by atoms with Crippen LogP contribution in [0.1, 0.15) is 37.9 Å². The Bertz CT molecular complexity index is 1180. The highest BCUT2D eigenvalue weighted by molar-refractivity contribution is 8.18. The molecular weight excluding hydrogens is 442 g/mol. The van der Waals surface area contributed by atoms with Gasteiger partial charge in [-0.05, 0) is 61.0 Å². The average molecular weight is 464 g/mol. The van der Waals surface area contributed by atoms with Crippen LogP contribution < -0.4 is 0 Å². The van der Waals surface area contributed by atoms with Gasteiger partial charge in [0.15, 0.2) is 5.17 Å². The molecule has 1 amide bonds. The second-order valence-electron chi connectivity index (χ2n) is 7.87. The maximum atomic E-state index is 13.4. The van der Waals surface area contributed by atoms with Crippen LogP contribution >= 0.6 is 23.4 Å². The number of thioether (sulfide) groups is 1. The first-order valence-electron chi connectivity index (χ1n) is 10.8. The molecule has 162 valence electrons. The number of amidine groups is 1. The highest BCUT2D eigenvalue weighted by Crippen LogP contribution is 2.39. The summed E-state index contributed by atoms with van der Waals surface area (Å²) in [5.74, 6) is 1.27. The Hall–Kier alpha value is -2.83. The minimum Gasteiger partial charge on any atom is -0.457 e. The molecule has 0 unspecified atom stereocenters. The first-order valence-corrected chi connectivity index (χ1v) is 11.9. The number of amides is 1. The predicted molar refractivity (Wildman–Crippen MR) is 130 cm³/mol. The lowest BCUT2D eigenvalue weighted by Crippen LogP contribution is -2.40. The van der Waals surface area contributed by atoms with E-state index in [0.29, 0.717) is 26.6 Å². The molecule has 3 aromatic rings. The first kappa shape index (κ1) is 21.0. The van der Waals surface area contributed by atoms with Crippen LogP contribution in [0.5, 0.6) is 0 Å². The molecule has 2 aliphatic rings. The van der Waals surface area contributed by atoms with E-state index in [4.69, 9.17) is 21.0 Å². The first-order chi connectivity index (χ1) is 15.7. The van der Waals surface area contributed by atoms with Gasteiger partial charge in [0, 0.05) is 23.9 Å². The second-order valence-corrected chi connectivity index (χ2v) is 9.28. The van der Waals surface area contributed by atoms with Gasteiger partial charge in [-0.2, -0.15) is 0 Å². The van der Waals surface area contributed by atoms with Crippen molar-refractivity contribution < 1.29 is 9.21 Å². The quantitative estimate of drug-likeness (QED) is 0.393. The smallest absolute Gasteiger partial charge is 0.267 e. The minimum absolute atomic E-state index is 0.0137. The highest BCUT2D eigenvalue weighted by Gasteiger charge is 2.38. The third-order valence-electron chi connectivity index (χ3n) is 5.69. The van der Waals surface area contributed by atoms with Crippen molar-refractivity contribution in [2.24, 2.45) is 4.99 Å². The van der Waals surface area contributed by atoms with Gasteiger partial charge in [-0.3, -0.25) is 14.7 Å². The van der Waals surface area contributed by atoms with Crippen molar-refractivity contribution in [3.8, 4) is 11.3 Å². The lowest BCUT2D eigenvalue weighted by atomic mass is 9.94. The standard InChI is InChI=1S/C25H22ClN3O2S/c26-21-11-5-4-10-20(21)22-13-12-19(31-22)15-23-24(30)29(18-8-2-1-3-9-18)25(32-23)28-17-7-6-14-27-16-17/h4-7,10-16,18H,1-3,8-9H2/b23-15+,28-25?. The fourth-order valence-electron chi connectivity index (χ4n) is 4.12. The van der Waals surface area contributed by atoms with Crippen LogP contribution in [0.2, 0.25) is 5.02 Å². The molecule has 5 nitrogen and oxygen atoms in total. The molecule has 2 fully saturated rings. The van der Waals surface area contributed by atoms with E-state index in [2.05, 4.69) is 4.98 Å². The van der Waals surface area contributed by atoms with Crippen LogP contribution in [0.3, 0.4) is 0 Å². The molecule has 1 aliphatic heterocycles. The summed E-state index contributed by atoms with van der Waals surface area (Å²) in [5.41, 5.74) is 1.57. The number of hydrogen-bond donors (Lipinski definition) is 0. The van der Waals surface area contributed by atoms with Gasteiger partial charge in [-0.15, -0.1) is 0 Å². The van der Waals surface area contributed by atoms with E-state index in [9.17, 15) is 4.79 Å². The number of benzene rings is 1. The number of aromatic nitrogens is 1. The van der Waals surface area contributed by atoms with E-state index in [1.807, 2.05) is 53.4 Å². The Morgan fingerprint density at radius 2 is 1.94 bits per heavy atom. The molecule has 0 bridgehead atoms. The van der Waals surface area contributed by atoms with Gasteiger partial charge >= 0.3 is 0 Å². The van der Waals surface area contributed by atoms with Gasteiger partial charge < -0.3 is 4.42 Å². The van der Waals surface area contributed by atoms with Crippen molar-refractivity contribution >= 4 is 46.2 Å². The number of rotatable bonds is 4. The van der Waals surface area contributed by atoms with E-state index in [0.717, 1.165) is 36.9 Å². The second kappa shape index (κ2) is 9.35. The molecule has 1 aromatic carbocycles. The molecule has 7 heteroatoms. The number of hydrogen-bond acceptors (Lipinski definition) is 5. The lowest BCUT2D eigenvalue weighted by molar-refractivity contribution is -0.124. The molecule has 1 saturated carbocycles. The summed E-state index contributed by atoms with van der Waals surface area (Å²) in [6.45, 7) is 0. The zero-order valence-electron chi connectivity index (χ0n) is 17.4. The SMILES string of the molecule is O=C1/C(=C\c2ccc(-c3ccccc3Cl)o2)SC(=Nc2cccnc2)N1C1CCCCC1. The molecule has 3 heterocycles. The number of nitrogens with zero attached hydrogens (tertiary/aromatic N) is 3. The zero-order valence-corrected chi connectivity index (χ0v) is 19.0. The third-order valence-corrected chi connectivity index (χ3v) is 7.00. The van der Waals surface area contributed by atoms with E-state index in [1.54, 1.807) is 18.5 Å². The Morgan fingerprint density at radius 3 is 2.72 bits per heavy atom. The number of furan rings is 1. The highest BCUT2D eigenvalue weighted by atomic mass is 35.5. The normalized spacial score (nSPS) is 19.9. The van der Waals surface area contributed by atoms with E-state index < -0.39 is 0 Å². The molecule has 0 spiro atoms. The van der Waals surface area contributed by atoms with Crippen LogP contribution in [0, 0.1) is 0 Å². The van der Waals surface area contributed by atoms with Gasteiger partial charge in [0.05, 0.1) is 21.8 Å². The fourth-order valence-corrected chi connectivity index (χ4v) is 5.39.